The first-order valence-corrected chi connectivity index (χ1v) is 5.87. The molecule has 2 N–H and O–H groups in total. The van der Waals surface area contributed by atoms with Gasteiger partial charge in [-0.1, -0.05) is 6.07 Å². The summed E-state index contributed by atoms with van der Waals surface area (Å²) in [6, 6.07) is 6.26. The molecule has 0 spiro atoms. The zero-order valence-corrected chi connectivity index (χ0v) is 10.2. The third kappa shape index (κ3) is 3.20. The van der Waals surface area contributed by atoms with Crippen molar-refractivity contribution in [1.29, 1.82) is 0 Å². The minimum atomic E-state index is -0.0518. The molecular formula is C13H18N2O2. The Hall–Kier alpha value is -1.55. The molecule has 0 aromatic heterocycles. The molecule has 4 heteroatoms. The van der Waals surface area contributed by atoms with E-state index in [9.17, 15) is 4.79 Å². The van der Waals surface area contributed by atoms with E-state index in [0.717, 1.165) is 31.0 Å². The largest absolute Gasteiger partial charge is 0.380 e. The van der Waals surface area contributed by atoms with Crippen molar-refractivity contribution < 1.29 is 9.53 Å². The van der Waals surface area contributed by atoms with E-state index in [1.807, 2.05) is 18.2 Å². The van der Waals surface area contributed by atoms with Crippen molar-refractivity contribution in [2.24, 2.45) is 0 Å². The Morgan fingerprint density at radius 1 is 1.47 bits per heavy atom. The van der Waals surface area contributed by atoms with E-state index in [4.69, 9.17) is 4.74 Å². The molecule has 0 radical (unpaired) electrons. The molecule has 1 saturated heterocycles. The number of rotatable bonds is 3. The van der Waals surface area contributed by atoms with Gasteiger partial charge in [-0.05, 0) is 31.0 Å². The summed E-state index contributed by atoms with van der Waals surface area (Å²) in [7, 11) is 0. The number of benzene rings is 1. The Balaban J connectivity index is 2.10. The van der Waals surface area contributed by atoms with Crippen LogP contribution in [-0.2, 0) is 9.53 Å². The van der Waals surface area contributed by atoms with Gasteiger partial charge in [-0.25, -0.2) is 0 Å². The van der Waals surface area contributed by atoms with Crippen LogP contribution in [0.4, 0.5) is 11.4 Å². The standard InChI is InChI=1S/C13H18N2O2/c1-9-3-4-11(14-10(2)16)7-13(9)15-12-5-6-17-8-12/h3-4,7,12,15H,5-6,8H2,1-2H3,(H,14,16). The quantitative estimate of drug-likeness (QED) is 0.842. The maximum Gasteiger partial charge on any atom is 0.221 e. The fraction of sp³-hybridized carbons (Fsp3) is 0.462. The van der Waals surface area contributed by atoms with E-state index in [1.54, 1.807) is 0 Å². The first-order chi connectivity index (χ1) is 8.15. The molecule has 0 saturated carbocycles. The average Bonchev–Trinajstić information content (AvgIpc) is 2.75. The van der Waals surface area contributed by atoms with Gasteiger partial charge in [0.2, 0.25) is 5.91 Å². The topological polar surface area (TPSA) is 50.4 Å². The molecule has 17 heavy (non-hydrogen) atoms. The summed E-state index contributed by atoms with van der Waals surface area (Å²) in [5.74, 6) is -0.0518. The molecule has 1 unspecified atom stereocenters. The highest BCUT2D eigenvalue weighted by molar-refractivity contribution is 5.89. The zero-order valence-electron chi connectivity index (χ0n) is 10.2. The van der Waals surface area contributed by atoms with Gasteiger partial charge in [-0.2, -0.15) is 0 Å². The summed E-state index contributed by atoms with van der Waals surface area (Å²) in [6.07, 6.45) is 1.03. The third-order valence-corrected chi connectivity index (χ3v) is 2.85. The fourth-order valence-electron chi connectivity index (χ4n) is 1.93. The van der Waals surface area contributed by atoms with E-state index in [2.05, 4.69) is 17.6 Å². The van der Waals surface area contributed by atoms with Crippen LogP contribution in [0.5, 0.6) is 0 Å². The molecule has 4 nitrogen and oxygen atoms in total. The van der Waals surface area contributed by atoms with Crippen molar-refractivity contribution in [3.63, 3.8) is 0 Å². The first kappa shape index (κ1) is 11.9. The Morgan fingerprint density at radius 3 is 2.94 bits per heavy atom. The lowest BCUT2D eigenvalue weighted by Gasteiger charge is -2.15. The molecule has 1 amide bonds. The molecule has 1 aliphatic rings. The monoisotopic (exact) mass is 234 g/mol. The number of nitrogens with one attached hydrogen (secondary N) is 2. The average molecular weight is 234 g/mol. The van der Waals surface area contributed by atoms with Crippen LogP contribution in [0, 0.1) is 6.92 Å². The lowest BCUT2D eigenvalue weighted by Crippen LogP contribution is -2.19. The van der Waals surface area contributed by atoms with Crippen molar-refractivity contribution in [3.8, 4) is 0 Å². The Morgan fingerprint density at radius 2 is 2.29 bits per heavy atom. The van der Waals surface area contributed by atoms with E-state index in [1.165, 1.54) is 12.5 Å². The van der Waals surface area contributed by atoms with Crippen LogP contribution in [0.2, 0.25) is 0 Å². The van der Waals surface area contributed by atoms with Gasteiger partial charge in [-0.3, -0.25) is 4.79 Å². The second kappa shape index (κ2) is 5.19. The van der Waals surface area contributed by atoms with Crippen LogP contribution in [-0.4, -0.2) is 25.2 Å². The van der Waals surface area contributed by atoms with Crippen molar-refractivity contribution in [2.75, 3.05) is 23.8 Å². The highest BCUT2D eigenvalue weighted by Gasteiger charge is 2.15. The Kier molecular flexibility index (Phi) is 3.64. The van der Waals surface area contributed by atoms with E-state index >= 15 is 0 Å². The number of hydrogen-bond donors (Lipinski definition) is 2. The number of carbonyl (C=O) groups is 1. The van der Waals surface area contributed by atoms with Gasteiger partial charge in [-0.15, -0.1) is 0 Å². The highest BCUT2D eigenvalue weighted by atomic mass is 16.5. The maximum absolute atomic E-state index is 11.0. The molecule has 1 aromatic rings. The molecule has 1 aromatic carbocycles. The first-order valence-electron chi connectivity index (χ1n) is 5.87. The fourth-order valence-corrected chi connectivity index (χ4v) is 1.93. The van der Waals surface area contributed by atoms with Crippen LogP contribution in [0.1, 0.15) is 18.9 Å². The number of ether oxygens (including phenoxy) is 1. The molecule has 1 heterocycles. The van der Waals surface area contributed by atoms with Gasteiger partial charge in [0.1, 0.15) is 0 Å². The minimum absolute atomic E-state index is 0.0518. The molecule has 1 atom stereocenters. The van der Waals surface area contributed by atoms with Gasteiger partial charge in [0.15, 0.2) is 0 Å². The SMILES string of the molecule is CC(=O)Nc1ccc(C)c(NC2CCOC2)c1. The molecule has 2 rings (SSSR count). The lowest BCUT2D eigenvalue weighted by atomic mass is 10.1. The van der Waals surface area contributed by atoms with Crippen molar-refractivity contribution in [2.45, 2.75) is 26.3 Å². The molecule has 1 fully saturated rings. The Labute approximate surface area is 101 Å². The van der Waals surface area contributed by atoms with Crippen LogP contribution in [0.3, 0.4) is 0 Å². The highest BCUT2D eigenvalue weighted by Crippen LogP contribution is 2.22. The second-order valence-corrected chi connectivity index (χ2v) is 4.42. The summed E-state index contributed by atoms with van der Waals surface area (Å²) in [4.78, 5) is 11.0. The van der Waals surface area contributed by atoms with Gasteiger partial charge < -0.3 is 15.4 Å². The molecular weight excluding hydrogens is 216 g/mol. The molecule has 92 valence electrons. The predicted octanol–water partition coefficient (Wildman–Crippen LogP) is 2.15. The number of carbonyl (C=O) groups excluding carboxylic acids is 1. The van der Waals surface area contributed by atoms with Gasteiger partial charge in [0, 0.05) is 24.9 Å². The van der Waals surface area contributed by atoms with Crippen LogP contribution in [0.25, 0.3) is 0 Å². The zero-order chi connectivity index (χ0) is 12.3. The van der Waals surface area contributed by atoms with Gasteiger partial charge >= 0.3 is 0 Å². The van der Waals surface area contributed by atoms with E-state index < -0.39 is 0 Å². The molecule has 0 aliphatic carbocycles. The normalized spacial score (nSPS) is 19.1. The third-order valence-electron chi connectivity index (χ3n) is 2.85. The maximum atomic E-state index is 11.0. The van der Waals surface area contributed by atoms with Gasteiger partial charge in [0.25, 0.3) is 0 Å². The van der Waals surface area contributed by atoms with E-state index in [-0.39, 0.29) is 5.91 Å². The van der Waals surface area contributed by atoms with Crippen LogP contribution >= 0.6 is 0 Å². The van der Waals surface area contributed by atoms with Crippen molar-refractivity contribution >= 4 is 17.3 Å². The lowest BCUT2D eigenvalue weighted by molar-refractivity contribution is -0.114. The minimum Gasteiger partial charge on any atom is -0.380 e. The summed E-state index contributed by atoms with van der Waals surface area (Å²) >= 11 is 0. The van der Waals surface area contributed by atoms with Crippen molar-refractivity contribution in [3.05, 3.63) is 23.8 Å². The summed E-state index contributed by atoms with van der Waals surface area (Å²) in [5, 5.41) is 6.23. The smallest absolute Gasteiger partial charge is 0.221 e. The Bertz CT molecular complexity index is 412. The number of amides is 1. The predicted molar refractivity (Wildman–Crippen MR) is 68.3 cm³/mol. The molecule has 0 bridgehead atoms. The van der Waals surface area contributed by atoms with Crippen LogP contribution in [0.15, 0.2) is 18.2 Å². The molecule has 1 aliphatic heterocycles. The summed E-state index contributed by atoms with van der Waals surface area (Å²) in [6.45, 7) is 5.14. The number of hydrogen-bond acceptors (Lipinski definition) is 3. The van der Waals surface area contributed by atoms with Crippen LogP contribution < -0.4 is 10.6 Å². The summed E-state index contributed by atoms with van der Waals surface area (Å²) in [5.41, 5.74) is 3.06. The second-order valence-electron chi connectivity index (χ2n) is 4.42. The van der Waals surface area contributed by atoms with Gasteiger partial charge in [0.05, 0.1) is 12.6 Å². The summed E-state index contributed by atoms with van der Waals surface area (Å²) < 4.78 is 5.33. The number of anilines is 2. The van der Waals surface area contributed by atoms with Crippen molar-refractivity contribution in [1.82, 2.24) is 0 Å². The number of aryl methyl sites for hydroxylation is 1. The van der Waals surface area contributed by atoms with E-state index in [0.29, 0.717) is 6.04 Å².